The molecule has 0 amide bonds. The van der Waals surface area contributed by atoms with Crippen molar-refractivity contribution >= 4 is 11.8 Å². The van der Waals surface area contributed by atoms with Crippen LogP contribution in [0.4, 0.5) is 0 Å². The first-order valence-corrected chi connectivity index (χ1v) is 4.24. The molecule has 0 aliphatic heterocycles. The Morgan fingerprint density at radius 1 is 1.69 bits per heavy atom. The number of hydrogen-bond donors (Lipinski definition) is 1. The van der Waals surface area contributed by atoms with Crippen molar-refractivity contribution in [3.05, 3.63) is 0 Å². The molecule has 0 unspecified atom stereocenters. The predicted molar refractivity (Wildman–Crippen MR) is 44.9 cm³/mol. The molecule has 4 heteroatoms. The van der Waals surface area contributed by atoms with Crippen LogP contribution in [0.15, 0.2) is 0 Å². The van der Waals surface area contributed by atoms with Gasteiger partial charge >= 0.3 is 5.97 Å². The third-order valence-electron chi connectivity index (χ3n) is 2.70. The van der Waals surface area contributed by atoms with Crippen molar-refractivity contribution in [2.75, 3.05) is 7.11 Å². The van der Waals surface area contributed by atoms with E-state index in [1.165, 1.54) is 14.0 Å². The zero-order chi connectivity index (χ0) is 10.2. The van der Waals surface area contributed by atoms with E-state index in [2.05, 4.69) is 4.74 Å². The van der Waals surface area contributed by atoms with E-state index in [1.807, 2.05) is 0 Å². The second kappa shape index (κ2) is 3.10. The van der Waals surface area contributed by atoms with Gasteiger partial charge in [0.2, 0.25) is 0 Å². The number of carbonyl (C=O) groups excluding carboxylic acids is 2. The average Bonchev–Trinajstić information content (AvgIpc) is 2.21. The van der Waals surface area contributed by atoms with Crippen molar-refractivity contribution in [1.29, 1.82) is 0 Å². The monoisotopic (exact) mass is 186 g/mol. The van der Waals surface area contributed by atoms with Crippen LogP contribution < -0.4 is 0 Å². The van der Waals surface area contributed by atoms with E-state index in [9.17, 15) is 14.7 Å². The summed E-state index contributed by atoms with van der Waals surface area (Å²) >= 11 is 0. The first-order chi connectivity index (χ1) is 5.91. The van der Waals surface area contributed by atoms with Crippen molar-refractivity contribution in [2.24, 2.45) is 11.8 Å². The highest BCUT2D eigenvalue weighted by atomic mass is 16.5. The molecular weight excluding hydrogens is 172 g/mol. The molecular formula is C9H14O4. The quantitative estimate of drug-likeness (QED) is 0.591. The third-order valence-corrected chi connectivity index (χ3v) is 2.70. The number of ether oxygens (including phenoxy) is 1. The molecule has 74 valence electrons. The maximum atomic E-state index is 11.3. The average molecular weight is 186 g/mol. The van der Waals surface area contributed by atoms with Crippen LogP contribution in [0.1, 0.15) is 20.3 Å². The number of carbonyl (C=O) groups is 2. The van der Waals surface area contributed by atoms with E-state index < -0.39 is 17.5 Å². The molecule has 0 heterocycles. The summed E-state index contributed by atoms with van der Waals surface area (Å²) in [4.78, 5) is 22.5. The maximum absolute atomic E-state index is 11.3. The first kappa shape index (κ1) is 10.2. The zero-order valence-electron chi connectivity index (χ0n) is 8.03. The fourth-order valence-electron chi connectivity index (χ4n) is 1.93. The molecule has 0 aromatic carbocycles. The number of rotatable bonds is 1. The van der Waals surface area contributed by atoms with E-state index in [0.29, 0.717) is 0 Å². The molecule has 1 N–H and O–H groups in total. The Labute approximate surface area is 76.9 Å². The van der Waals surface area contributed by atoms with Crippen LogP contribution in [0.25, 0.3) is 0 Å². The van der Waals surface area contributed by atoms with E-state index in [-0.39, 0.29) is 18.1 Å². The number of Topliss-reactive ketones (excluding diaryl/α,β-unsaturated/α-hetero) is 1. The number of esters is 1. The highest BCUT2D eigenvalue weighted by Crippen LogP contribution is 2.37. The molecule has 1 rings (SSSR count). The lowest BCUT2D eigenvalue weighted by atomic mass is 9.88. The summed E-state index contributed by atoms with van der Waals surface area (Å²) in [5.41, 5.74) is -1.55. The highest BCUT2D eigenvalue weighted by Gasteiger charge is 2.53. The molecule has 0 bridgehead atoms. The normalized spacial score (nSPS) is 39.2. The SMILES string of the molecule is COC(=O)[C@H]1[C@H](C)CC(=O)[C@]1(C)O. The van der Waals surface area contributed by atoms with E-state index in [4.69, 9.17) is 0 Å². The molecule has 1 aliphatic carbocycles. The molecule has 3 atom stereocenters. The van der Waals surface area contributed by atoms with Gasteiger partial charge in [0, 0.05) is 6.42 Å². The second-order valence-corrected chi connectivity index (χ2v) is 3.75. The Balaban J connectivity index is 2.95. The summed E-state index contributed by atoms with van der Waals surface area (Å²) in [7, 11) is 1.26. The molecule has 1 saturated carbocycles. The lowest BCUT2D eigenvalue weighted by Crippen LogP contribution is -2.42. The third kappa shape index (κ3) is 1.46. The highest BCUT2D eigenvalue weighted by molar-refractivity contribution is 5.95. The summed E-state index contributed by atoms with van der Waals surface area (Å²) in [6.45, 7) is 3.14. The summed E-state index contributed by atoms with van der Waals surface area (Å²) in [5.74, 6) is -1.65. The van der Waals surface area contributed by atoms with E-state index in [0.717, 1.165) is 0 Å². The topological polar surface area (TPSA) is 63.6 Å². The number of ketones is 1. The van der Waals surface area contributed by atoms with Gasteiger partial charge in [0.15, 0.2) is 5.78 Å². The van der Waals surface area contributed by atoms with Gasteiger partial charge in [-0.3, -0.25) is 9.59 Å². The number of aliphatic hydroxyl groups is 1. The van der Waals surface area contributed by atoms with Crippen LogP contribution in [-0.4, -0.2) is 29.6 Å². The van der Waals surface area contributed by atoms with Gasteiger partial charge in [0.05, 0.1) is 13.0 Å². The standard InChI is InChI=1S/C9H14O4/c1-5-4-6(10)9(2,12)7(5)8(11)13-3/h5,7,12H,4H2,1-3H3/t5-,7-,9+/m1/s1. The maximum Gasteiger partial charge on any atom is 0.312 e. The smallest absolute Gasteiger partial charge is 0.312 e. The van der Waals surface area contributed by atoms with Crippen LogP contribution in [0.2, 0.25) is 0 Å². The Hall–Kier alpha value is -0.900. The fourth-order valence-corrected chi connectivity index (χ4v) is 1.93. The van der Waals surface area contributed by atoms with Gasteiger partial charge in [-0.15, -0.1) is 0 Å². The van der Waals surface area contributed by atoms with Gasteiger partial charge in [-0.05, 0) is 12.8 Å². The molecule has 1 fully saturated rings. The Morgan fingerprint density at radius 2 is 2.23 bits per heavy atom. The van der Waals surface area contributed by atoms with E-state index in [1.54, 1.807) is 6.92 Å². The van der Waals surface area contributed by atoms with Crippen LogP contribution in [0.3, 0.4) is 0 Å². The van der Waals surface area contributed by atoms with Gasteiger partial charge in [-0.1, -0.05) is 6.92 Å². The van der Waals surface area contributed by atoms with Crippen molar-refractivity contribution < 1.29 is 19.4 Å². The summed E-state index contributed by atoms with van der Waals surface area (Å²) in [5, 5.41) is 9.74. The molecule has 0 saturated heterocycles. The molecule has 13 heavy (non-hydrogen) atoms. The predicted octanol–water partition coefficient (Wildman–Crippen LogP) is 0.135. The molecule has 0 aromatic rings. The van der Waals surface area contributed by atoms with Crippen molar-refractivity contribution in [2.45, 2.75) is 25.9 Å². The second-order valence-electron chi connectivity index (χ2n) is 3.75. The van der Waals surface area contributed by atoms with Crippen molar-refractivity contribution in [3.63, 3.8) is 0 Å². The van der Waals surface area contributed by atoms with Gasteiger partial charge in [0.25, 0.3) is 0 Å². The van der Waals surface area contributed by atoms with Crippen LogP contribution in [0.5, 0.6) is 0 Å². The van der Waals surface area contributed by atoms with Gasteiger partial charge in [-0.2, -0.15) is 0 Å². The minimum absolute atomic E-state index is 0.144. The lowest BCUT2D eigenvalue weighted by molar-refractivity contribution is -0.158. The number of hydrogen-bond acceptors (Lipinski definition) is 4. The van der Waals surface area contributed by atoms with Gasteiger partial charge < -0.3 is 9.84 Å². The molecule has 0 aromatic heterocycles. The molecule has 1 aliphatic rings. The van der Waals surface area contributed by atoms with Gasteiger partial charge in [0.1, 0.15) is 5.60 Å². The largest absolute Gasteiger partial charge is 0.469 e. The lowest BCUT2D eigenvalue weighted by Gasteiger charge is -2.23. The Bertz CT molecular complexity index is 244. The van der Waals surface area contributed by atoms with Crippen molar-refractivity contribution in [1.82, 2.24) is 0 Å². The van der Waals surface area contributed by atoms with Crippen LogP contribution in [-0.2, 0) is 14.3 Å². The Morgan fingerprint density at radius 3 is 2.54 bits per heavy atom. The van der Waals surface area contributed by atoms with Crippen molar-refractivity contribution in [3.8, 4) is 0 Å². The Kier molecular flexibility index (Phi) is 2.43. The van der Waals surface area contributed by atoms with Crippen LogP contribution >= 0.6 is 0 Å². The summed E-state index contributed by atoms with van der Waals surface area (Å²) in [6, 6.07) is 0. The summed E-state index contributed by atoms with van der Waals surface area (Å²) < 4.78 is 4.54. The van der Waals surface area contributed by atoms with Gasteiger partial charge in [-0.25, -0.2) is 0 Å². The molecule has 0 radical (unpaired) electrons. The zero-order valence-corrected chi connectivity index (χ0v) is 8.03. The molecule has 4 nitrogen and oxygen atoms in total. The first-order valence-electron chi connectivity index (χ1n) is 4.24. The number of methoxy groups -OCH3 is 1. The van der Waals surface area contributed by atoms with E-state index >= 15 is 0 Å². The molecule has 0 spiro atoms. The summed E-state index contributed by atoms with van der Waals surface area (Å²) in [6.07, 6.45) is 0.243. The minimum atomic E-state index is -1.55. The van der Waals surface area contributed by atoms with Crippen LogP contribution in [0, 0.1) is 11.8 Å². The fraction of sp³-hybridized carbons (Fsp3) is 0.778. The minimum Gasteiger partial charge on any atom is -0.469 e.